The number of benzene rings is 1. The van der Waals surface area contributed by atoms with E-state index in [-0.39, 0.29) is 23.9 Å². The first-order valence-electron chi connectivity index (χ1n) is 10.1. The average Bonchev–Trinajstić information content (AvgIpc) is 3.33. The first-order chi connectivity index (χ1) is 14.1. The van der Waals surface area contributed by atoms with Crippen LogP contribution >= 0.6 is 0 Å². The molecular formula is C22H24N4O3. The van der Waals surface area contributed by atoms with E-state index in [1.54, 1.807) is 17.0 Å². The summed E-state index contributed by atoms with van der Waals surface area (Å²) in [6.45, 7) is 1.65. The molecule has 1 saturated heterocycles. The molecule has 0 bridgehead atoms. The van der Waals surface area contributed by atoms with Crippen molar-refractivity contribution in [2.45, 2.75) is 31.5 Å². The van der Waals surface area contributed by atoms with Gasteiger partial charge in [0.15, 0.2) is 5.43 Å². The number of nitrogens with zero attached hydrogens (tertiary/aromatic N) is 4. The van der Waals surface area contributed by atoms with Crippen molar-refractivity contribution in [1.29, 1.82) is 0 Å². The number of hydrogen-bond donors (Lipinski definition) is 1. The van der Waals surface area contributed by atoms with Crippen LogP contribution in [0.4, 0.5) is 0 Å². The SMILES string of the molecule is O=C(Cn1ccc(=O)cc1)N1C[C@H]2C[C@@H](n3cnc4ccccc43)[C@H](O)C[C@H]2C1. The van der Waals surface area contributed by atoms with Crippen molar-refractivity contribution >= 4 is 16.9 Å². The Morgan fingerprint density at radius 3 is 2.59 bits per heavy atom. The number of para-hydroxylation sites is 2. The zero-order chi connectivity index (χ0) is 20.0. The lowest BCUT2D eigenvalue weighted by Crippen LogP contribution is -2.36. The van der Waals surface area contributed by atoms with Crippen molar-refractivity contribution in [1.82, 2.24) is 19.0 Å². The van der Waals surface area contributed by atoms with E-state index in [2.05, 4.69) is 9.55 Å². The van der Waals surface area contributed by atoms with Crippen LogP contribution in [0.3, 0.4) is 0 Å². The van der Waals surface area contributed by atoms with Crippen molar-refractivity contribution < 1.29 is 9.90 Å². The third-order valence-corrected chi connectivity index (χ3v) is 6.48. The van der Waals surface area contributed by atoms with E-state index in [1.165, 1.54) is 12.1 Å². The Hall–Kier alpha value is -2.93. The molecule has 2 aliphatic rings. The van der Waals surface area contributed by atoms with Crippen LogP contribution < -0.4 is 5.43 Å². The minimum absolute atomic E-state index is 0.0160. The van der Waals surface area contributed by atoms with Crippen molar-refractivity contribution in [3.8, 4) is 0 Å². The lowest BCUT2D eigenvalue weighted by molar-refractivity contribution is -0.131. The molecule has 7 nitrogen and oxygen atoms in total. The van der Waals surface area contributed by atoms with E-state index >= 15 is 0 Å². The number of aliphatic hydroxyl groups is 1. The van der Waals surface area contributed by atoms with Crippen LogP contribution in [0, 0.1) is 11.8 Å². The number of carbonyl (C=O) groups is 1. The summed E-state index contributed by atoms with van der Waals surface area (Å²) in [6, 6.07) is 10.9. The minimum Gasteiger partial charge on any atom is -0.391 e. The van der Waals surface area contributed by atoms with Gasteiger partial charge in [0.1, 0.15) is 6.54 Å². The summed E-state index contributed by atoms with van der Waals surface area (Å²) in [5.41, 5.74) is 1.92. The van der Waals surface area contributed by atoms with E-state index in [0.717, 1.165) is 24.0 Å². The fraction of sp³-hybridized carbons (Fsp3) is 0.409. The molecule has 2 aromatic heterocycles. The predicted molar refractivity (Wildman–Crippen MR) is 108 cm³/mol. The maximum atomic E-state index is 12.8. The molecule has 29 heavy (non-hydrogen) atoms. The van der Waals surface area contributed by atoms with Crippen LogP contribution in [-0.2, 0) is 11.3 Å². The van der Waals surface area contributed by atoms with Crippen LogP contribution in [0.1, 0.15) is 18.9 Å². The Balaban J connectivity index is 1.30. The standard InChI is InChI=1S/C22H24N4O3/c27-17-5-7-24(8-6-17)13-22(29)25-11-15-9-20(21(28)10-16(15)12-25)26-14-23-18-3-1-2-4-19(18)26/h1-8,14-16,20-21,28H,9-13H2/t15-,16+,20-,21-/m1/s1. The molecule has 3 heterocycles. The zero-order valence-electron chi connectivity index (χ0n) is 16.1. The van der Waals surface area contributed by atoms with Gasteiger partial charge in [-0.3, -0.25) is 9.59 Å². The third kappa shape index (κ3) is 3.35. The monoisotopic (exact) mass is 392 g/mol. The Bertz CT molecular complexity index is 1080. The fourth-order valence-corrected chi connectivity index (χ4v) is 4.96. The van der Waals surface area contributed by atoms with Gasteiger partial charge in [-0.15, -0.1) is 0 Å². The van der Waals surface area contributed by atoms with Crippen molar-refractivity contribution in [2.75, 3.05) is 13.1 Å². The van der Waals surface area contributed by atoms with Gasteiger partial charge in [0.2, 0.25) is 5.91 Å². The molecule has 1 aliphatic carbocycles. The smallest absolute Gasteiger partial charge is 0.242 e. The number of pyridine rings is 1. The van der Waals surface area contributed by atoms with Crippen molar-refractivity contribution in [3.63, 3.8) is 0 Å². The number of carbonyl (C=O) groups excluding carboxylic acids is 1. The summed E-state index contributed by atoms with van der Waals surface area (Å²) in [5, 5.41) is 10.8. The number of likely N-dealkylation sites (tertiary alicyclic amines) is 1. The van der Waals surface area contributed by atoms with Crippen LogP contribution in [0.5, 0.6) is 0 Å². The van der Waals surface area contributed by atoms with Gasteiger partial charge in [-0.25, -0.2) is 4.98 Å². The highest BCUT2D eigenvalue weighted by atomic mass is 16.3. The summed E-state index contributed by atoms with van der Waals surface area (Å²) in [5.74, 6) is 0.763. The van der Waals surface area contributed by atoms with Crippen LogP contribution in [0.25, 0.3) is 11.0 Å². The molecule has 2 fully saturated rings. The topological polar surface area (TPSA) is 80.4 Å². The zero-order valence-corrected chi connectivity index (χ0v) is 16.1. The van der Waals surface area contributed by atoms with Gasteiger partial charge in [0.25, 0.3) is 0 Å². The molecule has 0 unspecified atom stereocenters. The van der Waals surface area contributed by atoms with E-state index in [1.807, 2.05) is 35.5 Å². The highest BCUT2D eigenvalue weighted by Gasteiger charge is 2.43. The second-order valence-corrected chi connectivity index (χ2v) is 8.27. The molecule has 1 amide bonds. The summed E-state index contributed by atoms with van der Waals surface area (Å²) in [6.07, 6.45) is 6.22. The number of aliphatic hydroxyl groups excluding tert-OH is 1. The molecule has 1 aliphatic heterocycles. The first kappa shape index (κ1) is 18.1. The van der Waals surface area contributed by atoms with Crippen molar-refractivity contribution in [2.24, 2.45) is 11.8 Å². The summed E-state index contributed by atoms with van der Waals surface area (Å²) in [4.78, 5) is 30.4. The molecule has 0 spiro atoms. The molecule has 5 rings (SSSR count). The molecule has 4 atom stereocenters. The molecule has 1 aromatic carbocycles. The number of hydrogen-bond acceptors (Lipinski definition) is 4. The Morgan fingerprint density at radius 1 is 1.07 bits per heavy atom. The highest BCUT2D eigenvalue weighted by molar-refractivity contribution is 5.76. The number of aromatic nitrogens is 3. The quantitative estimate of drug-likeness (QED) is 0.735. The summed E-state index contributed by atoms with van der Waals surface area (Å²) in [7, 11) is 0. The average molecular weight is 392 g/mol. The van der Waals surface area contributed by atoms with Gasteiger partial charge < -0.3 is 19.1 Å². The highest BCUT2D eigenvalue weighted by Crippen LogP contribution is 2.42. The molecule has 0 radical (unpaired) electrons. The number of amides is 1. The predicted octanol–water partition coefficient (Wildman–Crippen LogP) is 1.67. The van der Waals surface area contributed by atoms with Crippen molar-refractivity contribution in [3.05, 3.63) is 65.3 Å². The Labute approximate surface area is 168 Å². The molecular weight excluding hydrogens is 368 g/mol. The first-order valence-corrected chi connectivity index (χ1v) is 10.1. The van der Waals surface area contributed by atoms with Gasteiger partial charge in [-0.05, 0) is 36.8 Å². The van der Waals surface area contributed by atoms with E-state index in [0.29, 0.717) is 24.8 Å². The van der Waals surface area contributed by atoms with Gasteiger partial charge in [-0.1, -0.05) is 12.1 Å². The number of imidazole rings is 1. The lowest BCUT2D eigenvalue weighted by Gasteiger charge is -2.36. The number of fused-ring (bicyclic) bond motifs is 2. The molecule has 1 saturated carbocycles. The van der Waals surface area contributed by atoms with Crippen LogP contribution in [0.15, 0.2) is 59.9 Å². The second kappa shape index (κ2) is 7.15. The molecule has 1 N–H and O–H groups in total. The van der Waals surface area contributed by atoms with Gasteiger partial charge in [0, 0.05) is 37.6 Å². The molecule has 3 aromatic rings. The van der Waals surface area contributed by atoms with Gasteiger partial charge in [-0.2, -0.15) is 0 Å². The van der Waals surface area contributed by atoms with E-state index in [9.17, 15) is 14.7 Å². The van der Waals surface area contributed by atoms with Crippen LogP contribution in [0.2, 0.25) is 0 Å². The van der Waals surface area contributed by atoms with Gasteiger partial charge >= 0.3 is 0 Å². The maximum Gasteiger partial charge on any atom is 0.242 e. The minimum atomic E-state index is -0.442. The van der Waals surface area contributed by atoms with Crippen LogP contribution in [-0.4, -0.2) is 49.2 Å². The maximum absolute atomic E-state index is 12.8. The Morgan fingerprint density at radius 2 is 1.79 bits per heavy atom. The number of rotatable bonds is 3. The van der Waals surface area contributed by atoms with E-state index < -0.39 is 6.10 Å². The fourth-order valence-electron chi connectivity index (χ4n) is 4.96. The second-order valence-electron chi connectivity index (χ2n) is 8.27. The normalized spacial score (nSPS) is 26.6. The van der Waals surface area contributed by atoms with E-state index in [4.69, 9.17) is 0 Å². The molecule has 150 valence electrons. The Kier molecular flexibility index (Phi) is 4.47. The summed E-state index contributed by atoms with van der Waals surface area (Å²) < 4.78 is 3.84. The largest absolute Gasteiger partial charge is 0.391 e. The molecule has 7 heteroatoms. The summed E-state index contributed by atoms with van der Waals surface area (Å²) >= 11 is 0. The van der Waals surface area contributed by atoms with Gasteiger partial charge in [0.05, 0.1) is 29.5 Å². The third-order valence-electron chi connectivity index (χ3n) is 6.48. The lowest BCUT2D eigenvalue weighted by atomic mass is 9.77.